The third kappa shape index (κ3) is 4.24. The van der Waals surface area contributed by atoms with Crippen molar-refractivity contribution in [2.45, 2.75) is 6.92 Å². The predicted molar refractivity (Wildman–Crippen MR) is 97.3 cm³/mol. The number of anilines is 2. The molecule has 0 aliphatic carbocycles. The maximum atomic E-state index is 12.2. The molecule has 25 heavy (non-hydrogen) atoms. The summed E-state index contributed by atoms with van der Waals surface area (Å²) in [5.41, 5.74) is 0.544. The molecule has 0 bridgehead atoms. The molecule has 7 nitrogen and oxygen atoms in total. The van der Waals surface area contributed by atoms with Gasteiger partial charge < -0.3 is 19.9 Å². The highest BCUT2D eigenvalue weighted by molar-refractivity contribution is 6.03. The minimum atomic E-state index is -0.221. The lowest BCUT2D eigenvalue weighted by atomic mass is 10.2. The molecule has 1 saturated heterocycles. The third-order valence-electron chi connectivity index (χ3n) is 4.39. The Balaban J connectivity index is 1.59. The molecule has 1 fully saturated rings. The molecule has 0 atom stereocenters. The maximum Gasteiger partial charge on any atom is 0.256 e. The van der Waals surface area contributed by atoms with E-state index in [1.807, 2.05) is 6.07 Å². The average Bonchev–Trinajstić information content (AvgIpc) is 2.68. The van der Waals surface area contributed by atoms with E-state index in [4.69, 9.17) is 4.74 Å². The zero-order valence-electron chi connectivity index (χ0n) is 14.6. The molecule has 1 aliphatic heterocycles. The largest absolute Gasteiger partial charge is 0.497 e. The van der Waals surface area contributed by atoms with Crippen LogP contribution < -0.4 is 15.0 Å². The number of likely N-dealkylation sites (N-methyl/N-ethyl adjacent to an activating group) is 1. The molecule has 1 N–H and O–H groups in total. The topological polar surface area (TPSA) is 70.6 Å². The van der Waals surface area contributed by atoms with Crippen molar-refractivity contribution >= 4 is 17.5 Å². The van der Waals surface area contributed by atoms with E-state index in [1.165, 1.54) is 0 Å². The number of piperazine rings is 1. The second-order valence-corrected chi connectivity index (χ2v) is 5.88. The lowest BCUT2D eigenvalue weighted by Crippen LogP contribution is -2.46. The first-order chi connectivity index (χ1) is 12.2. The zero-order chi connectivity index (χ0) is 17.6. The minimum absolute atomic E-state index is 0.221. The molecule has 7 heteroatoms. The van der Waals surface area contributed by atoms with E-state index in [9.17, 15) is 4.79 Å². The van der Waals surface area contributed by atoms with Crippen molar-refractivity contribution in [1.29, 1.82) is 0 Å². The van der Waals surface area contributed by atoms with Gasteiger partial charge in [0.05, 0.1) is 7.11 Å². The summed E-state index contributed by atoms with van der Waals surface area (Å²) in [6.45, 7) is 7.22. The Hall–Kier alpha value is -2.67. The van der Waals surface area contributed by atoms with Gasteiger partial charge in [-0.2, -0.15) is 0 Å². The van der Waals surface area contributed by atoms with Crippen LogP contribution in [0.3, 0.4) is 0 Å². The van der Waals surface area contributed by atoms with E-state index < -0.39 is 0 Å². The van der Waals surface area contributed by atoms with Gasteiger partial charge in [0.15, 0.2) is 11.6 Å². The summed E-state index contributed by atoms with van der Waals surface area (Å²) in [5.74, 6) is 1.78. The van der Waals surface area contributed by atoms with Crippen LogP contribution in [-0.4, -0.2) is 60.8 Å². The fourth-order valence-electron chi connectivity index (χ4n) is 2.78. The van der Waals surface area contributed by atoms with Crippen LogP contribution in [-0.2, 0) is 0 Å². The number of hydrogen-bond acceptors (Lipinski definition) is 6. The van der Waals surface area contributed by atoms with Gasteiger partial charge in [-0.05, 0) is 42.9 Å². The van der Waals surface area contributed by atoms with E-state index in [2.05, 4.69) is 32.2 Å². The smallest absolute Gasteiger partial charge is 0.256 e. The number of nitrogens with one attached hydrogen (secondary N) is 1. The molecule has 0 saturated carbocycles. The Morgan fingerprint density at radius 3 is 2.36 bits per heavy atom. The lowest BCUT2D eigenvalue weighted by molar-refractivity contribution is 0.102. The number of rotatable bonds is 5. The first kappa shape index (κ1) is 17.2. The van der Waals surface area contributed by atoms with Crippen molar-refractivity contribution < 1.29 is 9.53 Å². The fourth-order valence-corrected chi connectivity index (χ4v) is 2.78. The standard InChI is InChI=1S/C18H23N5O2/c1-3-22-10-12-23(13-11-22)17-9-8-16(20-21-17)19-18(24)14-4-6-15(25-2)7-5-14/h4-9H,3,10-13H2,1-2H3,(H,19,20,24). The first-order valence-corrected chi connectivity index (χ1v) is 8.46. The van der Waals surface area contributed by atoms with Crippen molar-refractivity contribution in [3.05, 3.63) is 42.0 Å². The number of benzene rings is 1. The molecular formula is C18H23N5O2. The number of nitrogens with zero attached hydrogens (tertiary/aromatic N) is 4. The summed E-state index contributed by atoms with van der Waals surface area (Å²) in [7, 11) is 1.59. The number of aromatic nitrogens is 2. The van der Waals surface area contributed by atoms with Crippen LogP contribution in [0.2, 0.25) is 0 Å². The zero-order valence-corrected chi connectivity index (χ0v) is 14.6. The van der Waals surface area contributed by atoms with E-state index in [0.717, 1.165) is 38.5 Å². The van der Waals surface area contributed by atoms with E-state index in [-0.39, 0.29) is 5.91 Å². The van der Waals surface area contributed by atoms with Gasteiger partial charge in [-0.1, -0.05) is 6.92 Å². The molecule has 0 radical (unpaired) electrons. The normalized spacial score (nSPS) is 15.0. The highest BCUT2D eigenvalue weighted by atomic mass is 16.5. The number of hydrogen-bond donors (Lipinski definition) is 1. The number of carbonyl (C=O) groups excluding carboxylic acids is 1. The van der Waals surface area contributed by atoms with Crippen LogP contribution in [0.25, 0.3) is 0 Å². The molecule has 1 aliphatic rings. The van der Waals surface area contributed by atoms with Gasteiger partial charge in [-0.25, -0.2) is 0 Å². The van der Waals surface area contributed by atoms with Crippen LogP contribution in [0.1, 0.15) is 17.3 Å². The monoisotopic (exact) mass is 341 g/mol. The molecule has 2 heterocycles. The molecule has 1 aromatic carbocycles. The van der Waals surface area contributed by atoms with Crippen molar-refractivity contribution in [1.82, 2.24) is 15.1 Å². The van der Waals surface area contributed by atoms with Crippen LogP contribution in [0.5, 0.6) is 5.75 Å². The van der Waals surface area contributed by atoms with Crippen molar-refractivity contribution in [2.24, 2.45) is 0 Å². The van der Waals surface area contributed by atoms with Gasteiger partial charge in [0.25, 0.3) is 5.91 Å². The summed E-state index contributed by atoms with van der Waals surface area (Å²) >= 11 is 0. The average molecular weight is 341 g/mol. The number of methoxy groups -OCH3 is 1. The Labute approximate surface area is 147 Å². The quantitative estimate of drug-likeness (QED) is 0.895. The summed E-state index contributed by atoms with van der Waals surface area (Å²) in [6.07, 6.45) is 0. The van der Waals surface area contributed by atoms with E-state index in [0.29, 0.717) is 17.1 Å². The van der Waals surface area contributed by atoms with E-state index in [1.54, 1.807) is 37.4 Å². The predicted octanol–water partition coefficient (Wildman–Crippen LogP) is 1.88. The molecule has 2 aromatic rings. The number of ether oxygens (including phenoxy) is 1. The van der Waals surface area contributed by atoms with Crippen LogP contribution in [0.4, 0.5) is 11.6 Å². The highest BCUT2D eigenvalue weighted by Gasteiger charge is 2.17. The molecule has 1 amide bonds. The Bertz CT molecular complexity index is 694. The van der Waals surface area contributed by atoms with Crippen LogP contribution >= 0.6 is 0 Å². The Morgan fingerprint density at radius 2 is 1.80 bits per heavy atom. The van der Waals surface area contributed by atoms with Gasteiger partial charge in [0.2, 0.25) is 0 Å². The lowest BCUT2D eigenvalue weighted by Gasteiger charge is -2.34. The summed E-state index contributed by atoms with van der Waals surface area (Å²) in [6, 6.07) is 10.6. The van der Waals surface area contributed by atoms with Gasteiger partial charge in [0, 0.05) is 31.7 Å². The van der Waals surface area contributed by atoms with Gasteiger partial charge >= 0.3 is 0 Å². The number of carbonyl (C=O) groups is 1. The van der Waals surface area contributed by atoms with Gasteiger partial charge in [0.1, 0.15) is 5.75 Å². The molecule has 0 spiro atoms. The van der Waals surface area contributed by atoms with Crippen molar-refractivity contribution in [3.8, 4) is 5.75 Å². The van der Waals surface area contributed by atoms with Gasteiger partial charge in [-0.3, -0.25) is 4.79 Å². The minimum Gasteiger partial charge on any atom is -0.497 e. The highest BCUT2D eigenvalue weighted by Crippen LogP contribution is 2.16. The summed E-state index contributed by atoms with van der Waals surface area (Å²) in [4.78, 5) is 16.9. The molecule has 0 unspecified atom stereocenters. The van der Waals surface area contributed by atoms with Crippen LogP contribution in [0.15, 0.2) is 36.4 Å². The second kappa shape index (κ2) is 7.94. The van der Waals surface area contributed by atoms with Crippen molar-refractivity contribution in [2.75, 3.05) is 50.1 Å². The molecule has 3 rings (SSSR count). The SMILES string of the molecule is CCN1CCN(c2ccc(NC(=O)c3ccc(OC)cc3)nn2)CC1. The van der Waals surface area contributed by atoms with E-state index >= 15 is 0 Å². The molecular weight excluding hydrogens is 318 g/mol. The third-order valence-corrected chi connectivity index (χ3v) is 4.39. The Kier molecular flexibility index (Phi) is 5.45. The maximum absolute atomic E-state index is 12.2. The van der Waals surface area contributed by atoms with Crippen LogP contribution in [0, 0.1) is 0 Å². The Morgan fingerprint density at radius 1 is 1.08 bits per heavy atom. The number of amides is 1. The molecule has 132 valence electrons. The summed E-state index contributed by atoms with van der Waals surface area (Å²) < 4.78 is 5.09. The summed E-state index contributed by atoms with van der Waals surface area (Å²) in [5, 5.41) is 11.1. The van der Waals surface area contributed by atoms with Crippen molar-refractivity contribution in [3.63, 3.8) is 0 Å². The first-order valence-electron chi connectivity index (χ1n) is 8.46. The second-order valence-electron chi connectivity index (χ2n) is 5.88. The molecule has 1 aromatic heterocycles. The fraction of sp³-hybridized carbons (Fsp3) is 0.389. The van der Waals surface area contributed by atoms with Gasteiger partial charge in [-0.15, -0.1) is 10.2 Å².